The Hall–Kier alpha value is -1.57. The Bertz CT molecular complexity index is 466. The third-order valence-corrected chi connectivity index (χ3v) is 2.52. The molecule has 1 aromatic rings. The highest BCUT2D eigenvalue weighted by atomic mass is 19.4. The number of rotatable bonds is 5. The zero-order chi connectivity index (χ0) is 16.3. The SMILES string of the molecule is CN(C)c1cc(C(F)(F)F)nc(NCCNC(C)(C)C)n1. The van der Waals surface area contributed by atoms with Gasteiger partial charge in [0.05, 0.1) is 0 Å². The first-order valence-electron chi connectivity index (χ1n) is 6.61. The van der Waals surface area contributed by atoms with Crippen molar-refractivity contribution in [2.75, 3.05) is 37.4 Å². The lowest BCUT2D eigenvalue weighted by atomic mass is 10.1. The van der Waals surface area contributed by atoms with Crippen LogP contribution in [0.15, 0.2) is 6.07 Å². The van der Waals surface area contributed by atoms with E-state index in [0.29, 0.717) is 13.1 Å². The van der Waals surface area contributed by atoms with Crippen LogP contribution in [0.4, 0.5) is 24.9 Å². The largest absolute Gasteiger partial charge is 0.433 e. The molecule has 0 spiro atoms. The van der Waals surface area contributed by atoms with Crippen molar-refractivity contribution in [2.24, 2.45) is 0 Å². The van der Waals surface area contributed by atoms with Crippen LogP contribution >= 0.6 is 0 Å². The number of nitrogens with zero attached hydrogens (tertiary/aromatic N) is 3. The topological polar surface area (TPSA) is 53.1 Å². The highest BCUT2D eigenvalue weighted by Gasteiger charge is 2.33. The summed E-state index contributed by atoms with van der Waals surface area (Å²) >= 11 is 0. The van der Waals surface area contributed by atoms with Gasteiger partial charge < -0.3 is 15.5 Å². The van der Waals surface area contributed by atoms with Crippen LogP contribution < -0.4 is 15.5 Å². The predicted octanol–water partition coefficient (Wildman–Crippen LogP) is 2.36. The molecule has 5 nitrogen and oxygen atoms in total. The minimum atomic E-state index is -4.49. The molecule has 0 bridgehead atoms. The smallest absolute Gasteiger partial charge is 0.363 e. The number of hydrogen-bond donors (Lipinski definition) is 2. The summed E-state index contributed by atoms with van der Waals surface area (Å²) in [6.07, 6.45) is -4.49. The van der Waals surface area contributed by atoms with Gasteiger partial charge in [-0.05, 0) is 20.8 Å². The molecule has 0 aromatic carbocycles. The van der Waals surface area contributed by atoms with E-state index in [1.165, 1.54) is 4.90 Å². The zero-order valence-corrected chi connectivity index (χ0v) is 13.0. The van der Waals surface area contributed by atoms with E-state index in [4.69, 9.17) is 0 Å². The summed E-state index contributed by atoms with van der Waals surface area (Å²) in [5.41, 5.74) is -1.00. The van der Waals surface area contributed by atoms with E-state index in [9.17, 15) is 13.2 Å². The standard InChI is InChI=1S/C13H22F3N5/c1-12(2,3)18-7-6-17-11-19-9(13(14,15)16)8-10(20-11)21(4)5/h8,18H,6-7H2,1-5H3,(H,17,19,20). The summed E-state index contributed by atoms with van der Waals surface area (Å²) in [4.78, 5) is 9.09. The van der Waals surface area contributed by atoms with Crippen molar-refractivity contribution in [3.63, 3.8) is 0 Å². The molecule has 0 fully saturated rings. The molecule has 2 N–H and O–H groups in total. The van der Waals surface area contributed by atoms with E-state index in [1.807, 2.05) is 20.8 Å². The lowest BCUT2D eigenvalue weighted by Gasteiger charge is -2.21. The summed E-state index contributed by atoms with van der Waals surface area (Å²) in [6.45, 7) is 7.07. The molecule has 0 amide bonds. The summed E-state index contributed by atoms with van der Waals surface area (Å²) in [6, 6.07) is 0.929. The van der Waals surface area contributed by atoms with E-state index in [1.54, 1.807) is 14.1 Å². The van der Waals surface area contributed by atoms with E-state index >= 15 is 0 Å². The molecule has 0 aliphatic rings. The Morgan fingerprint density at radius 2 is 1.71 bits per heavy atom. The Morgan fingerprint density at radius 1 is 1.10 bits per heavy atom. The van der Waals surface area contributed by atoms with Crippen LogP contribution in [0.2, 0.25) is 0 Å². The molecule has 0 unspecified atom stereocenters. The average Bonchev–Trinajstić information content (AvgIpc) is 2.32. The van der Waals surface area contributed by atoms with Crippen LogP contribution in [-0.4, -0.2) is 42.7 Å². The lowest BCUT2D eigenvalue weighted by molar-refractivity contribution is -0.141. The van der Waals surface area contributed by atoms with Crippen LogP contribution in [-0.2, 0) is 6.18 Å². The van der Waals surface area contributed by atoms with Crippen molar-refractivity contribution in [2.45, 2.75) is 32.5 Å². The van der Waals surface area contributed by atoms with Crippen LogP contribution in [0, 0.1) is 0 Å². The predicted molar refractivity (Wildman–Crippen MR) is 77.6 cm³/mol. The quantitative estimate of drug-likeness (QED) is 0.818. The second-order valence-corrected chi connectivity index (χ2v) is 5.93. The van der Waals surface area contributed by atoms with Gasteiger partial charge in [-0.15, -0.1) is 0 Å². The molecule has 0 saturated heterocycles. The van der Waals surface area contributed by atoms with Crippen LogP contribution in [0.1, 0.15) is 26.5 Å². The van der Waals surface area contributed by atoms with Gasteiger partial charge in [-0.1, -0.05) is 0 Å². The maximum atomic E-state index is 12.8. The van der Waals surface area contributed by atoms with Gasteiger partial charge in [0.15, 0.2) is 5.69 Å². The number of anilines is 2. The lowest BCUT2D eigenvalue weighted by Crippen LogP contribution is -2.38. The van der Waals surface area contributed by atoms with Gasteiger partial charge in [-0.2, -0.15) is 18.2 Å². The third kappa shape index (κ3) is 6.16. The molecular weight excluding hydrogens is 283 g/mol. The molecular formula is C13H22F3N5. The Labute approximate surface area is 123 Å². The fourth-order valence-electron chi connectivity index (χ4n) is 1.50. The maximum absolute atomic E-state index is 12.8. The second-order valence-electron chi connectivity index (χ2n) is 5.93. The van der Waals surface area contributed by atoms with Crippen LogP contribution in [0.25, 0.3) is 0 Å². The van der Waals surface area contributed by atoms with Crippen molar-refractivity contribution in [1.29, 1.82) is 0 Å². The Morgan fingerprint density at radius 3 is 2.19 bits per heavy atom. The van der Waals surface area contributed by atoms with E-state index in [0.717, 1.165) is 6.07 Å². The van der Waals surface area contributed by atoms with Crippen LogP contribution in [0.3, 0.4) is 0 Å². The molecule has 0 saturated carbocycles. The first kappa shape index (κ1) is 17.5. The van der Waals surface area contributed by atoms with E-state index < -0.39 is 11.9 Å². The van der Waals surface area contributed by atoms with Gasteiger partial charge in [0.1, 0.15) is 5.82 Å². The normalized spacial score (nSPS) is 12.4. The van der Waals surface area contributed by atoms with E-state index in [2.05, 4.69) is 20.6 Å². The molecule has 0 aliphatic carbocycles. The van der Waals surface area contributed by atoms with Gasteiger partial charge in [0, 0.05) is 38.8 Å². The second kappa shape index (κ2) is 6.46. The van der Waals surface area contributed by atoms with Crippen molar-refractivity contribution in [3.8, 4) is 0 Å². The molecule has 1 rings (SSSR count). The molecule has 0 atom stereocenters. The van der Waals surface area contributed by atoms with Crippen molar-refractivity contribution in [3.05, 3.63) is 11.8 Å². The summed E-state index contributed by atoms with van der Waals surface area (Å²) in [5.74, 6) is 0.188. The summed E-state index contributed by atoms with van der Waals surface area (Å²) < 4.78 is 38.4. The number of aromatic nitrogens is 2. The first-order chi connectivity index (χ1) is 9.49. The maximum Gasteiger partial charge on any atom is 0.433 e. The van der Waals surface area contributed by atoms with Crippen LogP contribution in [0.5, 0.6) is 0 Å². The van der Waals surface area contributed by atoms with Gasteiger partial charge in [-0.3, -0.25) is 0 Å². The monoisotopic (exact) mass is 305 g/mol. The summed E-state index contributed by atoms with van der Waals surface area (Å²) in [7, 11) is 3.26. The Kier molecular flexibility index (Phi) is 5.38. The fraction of sp³-hybridized carbons (Fsp3) is 0.692. The highest BCUT2D eigenvalue weighted by Crippen LogP contribution is 2.30. The molecule has 8 heteroatoms. The van der Waals surface area contributed by atoms with E-state index in [-0.39, 0.29) is 17.3 Å². The first-order valence-corrected chi connectivity index (χ1v) is 6.61. The van der Waals surface area contributed by atoms with Gasteiger partial charge >= 0.3 is 6.18 Å². The van der Waals surface area contributed by atoms with Crippen molar-refractivity contribution >= 4 is 11.8 Å². The molecule has 0 aliphatic heterocycles. The molecule has 0 radical (unpaired) electrons. The third-order valence-electron chi connectivity index (χ3n) is 2.52. The van der Waals surface area contributed by atoms with Crippen molar-refractivity contribution in [1.82, 2.24) is 15.3 Å². The number of alkyl halides is 3. The minimum Gasteiger partial charge on any atom is -0.363 e. The van der Waals surface area contributed by atoms with Gasteiger partial charge in [0.25, 0.3) is 0 Å². The number of nitrogens with one attached hydrogen (secondary N) is 2. The average molecular weight is 305 g/mol. The fourth-order valence-corrected chi connectivity index (χ4v) is 1.50. The minimum absolute atomic E-state index is 0.0239. The molecule has 1 heterocycles. The number of hydrogen-bond acceptors (Lipinski definition) is 5. The number of halogens is 3. The highest BCUT2D eigenvalue weighted by molar-refractivity contribution is 5.44. The molecule has 1 aromatic heterocycles. The van der Waals surface area contributed by atoms with Gasteiger partial charge in [-0.25, -0.2) is 4.98 Å². The van der Waals surface area contributed by atoms with Crippen molar-refractivity contribution < 1.29 is 13.2 Å². The summed E-state index contributed by atoms with van der Waals surface area (Å²) in [5, 5.41) is 6.04. The molecule has 120 valence electrons. The molecule has 21 heavy (non-hydrogen) atoms. The van der Waals surface area contributed by atoms with Gasteiger partial charge in [0.2, 0.25) is 5.95 Å². The zero-order valence-electron chi connectivity index (χ0n) is 13.0. The Balaban J connectivity index is 2.79.